The Labute approximate surface area is 137 Å². The maximum atomic E-state index is 13.0. The summed E-state index contributed by atoms with van der Waals surface area (Å²) in [6.07, 6.45) is 0.246. The number of carbonyl (C=O) groups is 1. The molecule has 122 valence electrons. The molecule has 0 N–H and O–H groups in total. The molecule has 2 unspecified atom stereocenters. The SMILES string of the molecule is N#Cc1cc(C(=O)C2CC3CCCC(C2)S3)cc(C(F)(F)F)c1. The van der Waals surface area contributed by atoms with Crippen molar-refractivity contribution in [3.8, 4) is 6.07 Å². The van der Waals surface area contributed by atoms with Crippen LogP contribution in [0.4, 0.5) is 13.2 Å². The highest BCUT2D eigenvalue weighted by molar-refractivity contribution is 8.00. The molecule has 2 heterocycles. The number of alkyl halides is 3. The van der Waals surface area contributed by atoms with E-state index in [9.17, 15) is 18.0 Å². The van der Waals surface area contributed by atoms with Crippen molar-refractivity contribution in [2.75, 3.05) is 0 Å². The molecule has 2 fully saturated rings. The summed E-state index contributed by atoms with van der Waals surface area (Å²) >= 11 is 1.92. The molecule has 6 heteroatoms. The Morgan fingerprint density at radius 3 is 2.39 bits per heavy atom. The highest BCUT2D eigenvalue weighted by Crippen LogP contribution is 2.45. The third-order valence-electron chi connectivity index (χ3n) is 4.58. The molecule has 0 saturated carbocycles. The molecule has 1 aromatic carbocycles. The number of benzene rings is 1. The lowest BCUT2D eigenvalue weighted by Gasteiger charge is -2.38. The molecule has 2 atom stereocenters. The van der Waals surface area contributed by atoms with Crippen molar-refractivity contribution >= 4 is 17.5 Å². The molecule has 2 bridgehead atoms. The summed E-state index contributed by atoms with van der Waals surface area (Å²) in [5.74, 6) is -0.466. The van der Waals surface area contributed by atoms with Crippen LogP contribution >= 0.6 is 11.8 Å². The minimum Gasteiger partial charge on any atom is -0.294 e. The first-order chi connectivity index (χ1) is 10.9. The molecule has 0 aliphatic carbocycles. The highest BCUT2D eigenvalue weighted by atomic mass is 32.2. The van der Waals surface area contributed by atoms with E-state index in [-0.39, 0.29) is 22.8 Å². The van der Waals surface area contributed by atoms with Gasteiger partial charge in [-0.1, -0.05) is 6.42 Å². The molecule has 0 radical (unpaired) electrons. The molecular formula is C17H16F3NOS. The first-order valence-electron chi connectivity index (χ1n) is 7.69. The fraction of sp³-hybridized carbons (Fsp3) is 0.529. The maximum Gasteiger partial charge on any atom is 0.416 e. The van der Waals surface area contributed by atoms with Gasteiger partial charge < -0.3 is 0 Å². The Bertz CT molecular complexity index is 653. The summed E-state index contributed by atoms with van der Waals surface area (Å²) in [5.41, 5.74) is -1.02. The van der Waals surface area contributed by atoms with Crippen molar-refractivity contribution in [3.05, 3.63) is 34.9 Å². The van der Waals surface area contributed by atoms with E-state index in [2.05, 4.69) is 0 Å². The molecule has 3 rings (SSSR count). The molecule has 2 aliphatic heterocycles. The summed E-state index contributed by atoms with van der Waals surface area (Å²) in [6.45, 7) is 0. The van der Waals surface area contributed by atoms with E-state index in [0.717, 1.165) is 37.8 Å². The number of hydrogen-bond acceptors (Lipinski definition) is 3. The number of nitriles is 1. The van der Waals surface area contributed by atoms with Crippen molar-refractivity contribution in [1.29, 1.82) is 5.26 Å². The van der Waals surface area contributed by atoms with E-state index in [1.807, 2.05) is 11.8 Å². The van der Waals surface area contributed by atoms with Gasteiger partial charge in [0, 0.05) is 22.0 Å². The van der Waals surface area contributed by atoms with E-state index in [1.165, 1.54) is 12.5 Å². The van der Waals surface area contributed by atoms with E-state index < -0.39 is 11.7 Å². The minimum absolute atomic E-state index is 0.0198. The normalized spacial score (nSPS) is 27.3. The van der Waals surface area contributed by atoms with Crippen LogP contribution in [0.15, 0.2) is 18.2 Å². The topological polar surface area (TPSA) is 40.9 Å². The molecule has 0 aromatic heterocycles. The zero-order chi connectivity index (χ0) is 16.6. The number of carbonyl (C=O) groups excluding carboxylic acids is 1. The Morgan fingerprint density at radius 2 is 1.83 bits per heavy atom. The second-order valence-corrected chi connectivity index (χ2v) is 7.86. The lowest BCUT2D eigenvalue weighted by Crippen LogP contribution is -2.33. The molecule has 2 aliphatic rings. The Hall–Kier alpha value is -1.48. The fourth-order valence-electron chi connectivity index (χ4n) is 3.51. The predicted molar refractivity (Wildman–Crippen MR) is 82.2 cm³/mol. The van der Waals surface area contributed by atoms with Gasteiger partial charge in [0.25, 0.3) is 0 Å². The number of ketones is 1. The van der Waals surface area contributed by atoms with Crippen LogP contribution in [0.2, 0.25) is 0 Å². The average molecular weight is 339 g/mol. The van der Waals surface area contributed by atoms with Gasteiger partial charge >= 0.3 is 6.18 Å². The van der Waals surface area contributed by atoms with Gasteiger partial charge in [-0.3, -0.25) is 4.79 Å². The van der Waals surface area contributed by atoms with Crippen molar-refractivity contribution in [3.63, 3.8) is 0 Å². The second kappa shape index (κ2) is 6.20. The van der Waals surface area contributed by atoms with Crippen molar-refractivity contribution < 1.29 is 18.0 Å². The third kappa shape index (κ3) is 3.55. The van der Waals surface area contributed by atoms with Gasteiger partial charge in [-0.15, -0.1) is 0 Å². The van der Waals surface area contributed by atoms with Crippen LogP contribution in [0.3, 0.4) is 0 Å². The summed E-state index contributed by atoms with van der Waals surface area (Å²) in [7, 11) is 0. The fourth-order valence-corrected chi connectivity index (χ4v) is 5.34. The summed E-state index contributed by atoms with van der Waals surface area (Å²) in [4.78, 5) is 12.7. The third-order valence-corrected chi connectivity index (χ3v) is 6.20. The monoisotopic (exact) mass is 339 g/mol. The predicted octanol–water partition coefficient (Wildman–Crippen LogP) is 4.82. The first kappa shape index (κ1) is 16.4. The molecule has 2 saturated heterocycles. The van der Waals surface area contributed by atoms with E-state index >= 15 is 0 Å². The number of nitrogens with zero attached hydrogens (tertiary/aromatic N) is 1. The van der Waals surface area contributed by atoms with Gasteiger partial charge in [0.1, 0.15) is 0 Å². The quantitative estimate of drug-likeness (QED) is 0.725. The number of halogens is 3. The number of fused-ring (bicyclic) bond motifs is 2. The van der Waals surface area contributed by atoms with Crippen LogP contribution in [0.1, 0.15) is 53.6 Å². The first-order valence-corrected chi connectivity index (χ1v) is 8.63. The van der Waals surface area contributed by atoms with Crippen LogP contribution in [0.5, 0.6) is 0 Å². The Kier molecular flexibility index (Phi) is 4.41. The van der Waals surface area contributed by atoms with Gasteiger partial charge in [0.05, 0.1) is 17.2 Å². The minimum atomic E-state index is -4.55. The van der Waals surface area contributed by atoms with Gasteiger partial charge in [-0.2, -0.15) is 30.2 Å². The largest absolute Gasteiger partial charge is 0.416 e. The van der Waals surface area contributed by atoms with Gasteiger partial charge in [0.15, 0.2) is 5.78 Å². The van der Waals surface area contributed by atoms with Crippen LogP contribution in [0.25, 0.3) is 0 Å². The molecule has 1 aromatic rings. The summed E-state index contributed by atoms with van der Waals surface area (Å²) in [5, 5.41) is 9.83. The zero-order valence-corrected chi connectivity index (χ0v) is 13.2. The lowest BCUT2D eigenvalue weighted by atomic mass is 9.84. The van der Waals surface area contributed by atoms with E-state index in [0.29, 0.717) is 10.5 Å². The highest BCUT2D eigenvalue weighted by Gasteiger charge is 2.37. The van der Waals surface area contributed by atoms with Gasteiger partial charge in [-0.25, -0.2) is 0 Å². The van der Waals surface area contributed by atoms with Gasteiger partial charge in [-0.05, 0) is 43.9 Å². The van der Waals surface area contributed by atoms with Gasteiger partial charge in [0.2, 0.25) is 0 Å². The maximum absolute atomic E-state index is 13.0. The van der Waals surface area contributed by atoms with Crippen LogP contribution < -0.4 is 0 Å². The lowest BCUT2D eigenvalue weighted by molar-refractivity contribution is -0.137. The molecular weight excluding hydrogens is 323 g/mol. The molecule has 0 amide bonds. The summed E-state index contributed by atoms with van der Waals surface area (Å²) < 4.78 is 38.9. The number of Topliss-reactive ketones (excluding diaryl/α,β-unsaturated/α-hetero) is 1. The molecule has 23 heavy (non-hydrogen) atoms. The molecule has 0 spiro atoms. The smallest absolute Gasteiger partial charge is 0.294 e. The summed E-state index contributed by atoms with van der Waals surface area (Å²) in [6, 6.07) is 4.69. The molecule has 2 nitrogen and oxygen atoms in total. The van der Waals surface area contributed by atoms with Crippen LogP contribution in [-0.2, 0) is 6.18 Å². The van der Waals surface area contributed by atoms with Crippen LogP contribution in [0, 0.1) is 17.2 Å². The van der Waals surface area contributed by atoms with E-state index in [1.54, 1.807) is 6.07 Å². The number of rotatable bonds is 2. The Balaban J connectivity index is 1.88. The zero-order valence-electron chi connectivity index (χ0n) is 12.4. The number of thioether (sulfide) groups is 1. The van der Waals surface area contributed by atoms with Crippen LogP contribution in [-0.4, -0.2) is 16.3 Å². The van der Waals surface area contributed by atoms with Crippen molar-refractivity contribution in [2.45, 2.75) is 48.8 Å². The number of hydrogen-bond donors (Lipinski definition) is 0. The van der Waals surface area contributed by atoms with E-state index in [4.69, 9.17) is 5.26 Å². The second-order valence-electron chi connectivity index (χ2n) is 6.25. The Morgan fingerprint density at radius 1 is 1.17 bits per heavy atom. The average Bonchev–Trinajstić information content (AvgIpc) is 2.52. The van der Waals surface area contributed by atoms with Crippen molar-refractivity contribution in [2.24, 2.45) is 5.92 Å². The standard InChI is InChI=1S/C17H16F3NOS/c18-17(19,20)13-5-10(9-21)4-11(6-13)16(22)12-7-14-2-1-3-15(8-12)23-14/h4-6,12,14-15H,1-3,7-8H2. The van der Waals surface area contributed by atoms with Crippen molar-refractivity contribution in [1.82, 2.24) is 0 Å².